The van der Waals surface area contributed by atoms with Crippen LogP contribution in [0, 0.1) is 11.8 Å². The third-order valence-electron chi connectivity index (χ3n) is 4.31. The van der Waals surface area contributed by atoms with E-state index in [0.717, 1.165) is 50.6 Å². The number of amides is 1. The van der Waals surface area contributed by atoms with Gasteiger partial charge in [0, 0.05) is 13.1 Å². The van der Waals surface area contributed by atoms with Gasteiger partial charge in [0.1, 0.15) is 6.10 Å². The summed E-state index contributed by atoms with van der Waals surface area (Å²) in [7, 11) is 0. The van der Waals surface area contributed by atoms with Crippen LogP contribution in [0.4, 0.5) is 4.79 Å². The lowest BCUT2D eigenvalue weighted by atomic mass is 9.87. The maximum atomic E-state index is 11.9. The van der Waals surface area contributed by atoms with E-state index < -0.39 is 0 Å². The summed E-state index contributed by atoms with van der Waals surface area (Å²) < 4.78 is 5.53. The number of rotatable bonds is 2. The predicted octanol–water partition coefficient (Wildman–Crippen LogP) is 3.43. The first kappa shape index (κ1) is 12.7. The zero-order valence-corrected chi connectivity index (χ0v) is 11.2. The number of hydrogen-bond donors (Lipinski definition) is 0. The van der Waals surface area contributed by atoms with Gasteiger partial charge >= 0.3 is 6.09 Å². The van der Waals surface area contributed by atoms with Gasteiger partial charge in [0.15, 0.2) is 0 Å². The second kappa shape index (κ2) is 5.74. The first-order valence-electron chi connectivity index (χ1n) is 7.12. The molecule has 2 fully saturated rings. The van der Waals surface area contributed by atoms with Crippen LogP contribution in [0.15, 0.2) is 0 Å². The molecule has 1 saturated carbocycles. The number of hydrogen-bond acceptors (Lipinski definition) is 2. The van der Waals surface area contributed by atoms with Gasteiger partial charge in [-0.2, -0.15) is 0 Å². The molecule has 0 aromatic heterocycles. The van der Waals surface area contributed by atoms with Gasteiger partial charge in [0.25, 0.3) is 0 Å². The Balaban J connectivity index is 1.74. The Morgan fingerprint density at radius 2 is 1.71 bits per heavy atom. The van der Waals surface area contributed by atoms with Crippen LogP contribution < -0.4 is 0 Å². The monoisotopic (exact) mass is 239 g/mol. The topological polar surface area (TPSA) is 29.5 Å². The molecule has 0 spiro atoms. The summed E-state index contributed by atoms with van der Waals surface area (Å²) in [6, 6.07) is 0. The predicted molar refractivity (Wildman–Crippen MR) is 67.9 cm³/mol. The summed E-state index contributed by atoms with van der Waals surface area (Å²) in [6.45, 7) is 6.32. The Morgan fingerprint density at radius 1 is 1.12 bits per heavy atom. The molecule has 2 aliphatic rings. The highest BCUT2D eigenvalue weighted by atomic mass is 16.6. The molecule has 17 heavy (non-hydrogen) atoms. The zero-order valence-electron chi connectivity index (χ0n) is 11.2. The first-order chi connectivity index (χ1) is 8.16. The lowest BCUT2D eigenvalue weighted by Gasteiger charge is -2.33. The standard InChI is InChI=1S/C14H25NO2/c1-11(2)12-7-9-15(10-8-12)14(16)17-13-5-3-4-6-13/h11-13H,3-10H2,1-2H3. The van der Waals surface area contributed by atoms with Gasteiger partial charge in [-0.15, -0.1) is 0 Å². The summed E-state index contributed by atoms with van der Waals surface area (Å²) in [5, 5.41) is 0. The second-order valence-corrected chi connectivity index (χ2v) is 5.86. The van der Waals surface area contributed by atoms with Crippen molar-refractivity contribution in [1.29, 1.82) is 0 Å². The van der Waals surface area contributed by atoms with Crippen LogP contribution in [-0.4, -0.2) is 30.2 Å². The Bertz CT molecular complexity index is 251. The van der Waals surface area contributed by atoms with Gasteiger partial charge < -0.3 is 9.64 Å². The smallest absolute Gasteiger partial charge is 0.410 e. The maximum absolute atomic E-state index is 11.9. The number of carbonyl (C=O) groups is 1. The quantitative estimate of drug-likeness (QED) is 0.739. The maximum Gasteiger partial charge on any atom is 0.410 e. The van der Waals surface area contributed by atoms with E-state index in [-0.39, 0.29) is 12.2 Å². The molecule has 0 N–H and O–H groups in total. The highest BCUT2D eigenvalue weighted by molar-refractivity contribution is 5.67. The van der Waals surface area contributed by atoms with E-state index in [2.05, 4.69) is 13.8 Å². The summed E-state index contributed by atoms with van der Waals surface area (Å²) in [5.41, 5.74) is 0. The molecule has 1 heterocycles. The van der Waals surface area contributed by atoms with Crippen LogP contribution in [-0.2, 0) is 4.74 Å². The molecule has 0 aromatic rings. The van der Waals surface area contributed by atoms with E-state index in [1.165, 1.54) is 12.8 Å². The fourth-order valence-electron chi connectivity index (χ4n) is 2.97. The van der Waals surface area contributed by atoms with E-state index in [1.807, 2.05) is 4.90 Å². The third-order valence-corrected chi connectivity index (χ3v) is 4.31. The molecule has 0 bridgehead atoms. The van der Waals surface area contributed by atoms with Gasteiger partial charge in [0.2, 0.25) is 0 Å². The molecule has 1 aliphatic heterocycles. The van der Waals surface area contributed by atoms with Crippen molar-refractivity contribution in [2.45, 2.75) is 58.5 Å². The minimum absolute atomic E-state index is 0.0703. The normalized spacial score (nSPS) is 23.4. The van der Waals surface area contributed by atoms with E-state index in [0.29, 0.717) is 0 Å². The highest BCUT2D eigenvalue weighted by Crippen LogP contribution is 2.26. The molecule has 1 aliphatic carbocycles. The van der Waals surface area contributed by atoms with Gasteiger partial charge in [-0.3, -0.25) is 0 Å². The lowest BCUT2D eigenvalue weighted by Crippen LogP contribution is -2.40. The van der Waals surface area contributed by atoms with Crippen LogP contribution in [0.1, 0.15) is 52.4 Å². The van der Waals surface area contributed by atoms with Crippen LogP contribution in [0.25, 0.3) is 0 Å². The van der Waals surface area contributed by atoms with E-state index in [4.69, 9.17) is 4.74 Å². The number of ether oxygens (including phenoxy) is 1. The van der Waals surface area contributed by atoms with Crippen molar-refractivity contribution in [3.8, 4) is 0 Å². The summed E-state index contributed by atoms with van der Waals surface area (Å²) in [5.74, 6) is 1.52. The van der Waals surface area contributed by atoms with Crippen LogP contribution in [0.2, 0.25) is 0 Å². The Kier molecular flexibility index (Phi) is 4.30. The molecule has 1 amide bonds. The minimum Gasteiger partial charge on any atom is -0.446 e. The molecule has 1 saturated heterocycles. The first-order valence-corrected chi connectivity index (χ1v) is 7.12. The molecule has 3 heteroatoms. The second-order valence-electron chi connectivity index (χ2n) is 5.86. The molecule has 3 nitrogen and oxygen atoms in total. The molecule has 0 radical (unpaired) electrons. The van der Waals surface area contributed by atoms with Crippen molar-refractivity contribution in [3.05, 3.63) is 0 Å². The average molecular weight is 239 g/mol. The SMILES string of the molecule is CC(C)C1CCN(C(=O)OC2CCCC2)CC1. The summed E-state index contributed by atoms with van der Waals surface area (Å²) >= 11 is 0. The fraction of sp³-hybridized carbons (Fsp3) is 0.929. The van der Waals surface area contributed by atoms with Crippen molar-refractivity contribution in [3.63, 3.8) is 0 Å². The largest absolute Gasteiger partial charge is 0.446 e. The summed E-state index contributed by atoms with van der Waals surface area (Å²) in [4.78, 5) is 13.8. The Hall–Kier alpha value is -0.730. The Morgan fingerprint density at radius 3 is 2.24 bits per heavy atom. The van der Waals surface area contributed by atoms with Crippen LogP contribution in [0.5, 0.6) is 0 Å². The highest BCUT2D eigenvalue weighted by Gasteiger charge is 2.27. The van der Waals surface area contributed by atoms with E-state index >= 15 is 0 Å². The van der Waals surface area contributed by atoms with Gasteiger partial charge in [-0.25, -0.2) is 4.79 Å². The molecular weight excluding hydrogens is 214 g/mol. The fourth-order valence-corrected chi connectivity index (χ4v) is 2.97. The molecular formula is C14H25NO2. The van der Waals surface area contributed by atoms with Gasteiger partial charge in [-0.05, 0) is 50.4 Å². The van der Waals surface area contributed by atoms with E-state index in [9.17, 15) is 4.79 Å². The van der Waals surface area contributed by atoms with Gasteiger partial charge in [0.05, 0.1) is 0 Å². The van der Waals surface area contributed by atoms with E-state index in [1.54, 1.807) is 0 Å². The minimum atomic E-state index is -0.0703. The third kappa shape index (κ3) is 3.36. The van der Waals surface area contributed by atoms with Crippen LogP contribution in [0.3, 0.4) is 0 Å². The van der Waals surface area contributed by atoms with Crippen molar-refractivity contribution < 1.29 is 9.53 Å². The van der Waals surface area contributed by atoms with Crippen molar-refractivity contribution in [2.75, 3.05) is 13.1 Å². The molecule has 2 rings (SSSR count). The zero-order chi connectivity index (χ0) is 12.3. The average Bonchev–Trinajstić information content (AvgIpc) is 2.82. The lowest BCUT2D eigenvalue weighted by molar-refractivity contribution is 0.0522. The number of carbonyl (C=O) groups excluding carboxylic acids is 1. The van der Waals surface area contributed by atoms with Crippen molar-refractivity contribution in [1.82, 2.24) is 4.90 Å². The van der Waals surface area contributed by atoms with Crippen molar-refractivity contribution >= 4 is 6.09 Å². The van der Waals surface area contributed by atoms with Crippen LogP contribution >= 0.6 is 0 Å². The molecule has 0 atom stereocenters. The number of likely N-dealkylation sites (tertiary alicyclic amines) is 1. The molecule has 98 valence electrons. The number of piperidine rings is 1. The summed E-state index contributed by atoms with van der Waals surface area (Å²) in [6.07, 6.45) is 6.96. The number of nitrogens with zero attached hydrogens (tertiary/aromatic N) is 1. The van der Waals surface area contributed by atoms with Gasteiger partial charge in [-0.1, -0.05) is 13.8 Å². The Labute approximate surface area is 105 Å². The molecule has 0 aromatic carbocycles. The van der Waals surface area contributed by atoms with Crippen molar-refractivity contribution in [2.24, 2.45) is 11.8 Å². The molecule has 0 unspecified atom stereocenters.